The van der Waals surface area contributed by atoms with Crippen LogP contribution in [0.1, 0.15) is 25.7 Å². The summed E-state index contributed by atoms with van der Waals surface area (Å²) in [5, 5.41) is 9.00. The average Bonchev–Trinajstić information content (AvgIpc) is 2.62. The van der Waals surface area contributed by atoms with Crippen LogP contribution in [0.2, 0.25) is 0 Å². The fourth-order valence-electron chi connectivity index (χ4n) is 3.27. The number of carboxylic acids is 1. The molecule has 1 fully saturated rings. The average molecular weight is 395 g/mol. The van der Waals surface area contributed by atoms with E-state index in [4.69, 9.17) is 5.11 Å². The summed E-state index contributed by atoms with van der Waals surface area (Å²) in [5.74, 6) is -2.48. The lowest BCUT2D eigenvalue weighted by Gasteiger charge is -2.26. The van der Waals surface area contributed by atoms with Gasteiger partial charge in [-0.15, -0.1) is 0 Å². The number of hydrogen-bond acceptors (Lipinski definition) is 3. The molecule has 2 aromatic carbocycles. The van der Waals surface area contributed by atoms with Crippen molar-refractivity contribution < 1.29 is 27.1 Å². The molecular formula is C19H19F2NO4S. The van der Waals surface area contributed by atoms with Crippen LogP contribution in [-0.2, 0) is 14.8 Å². The van der Waals surface area contributed by atoms with Gasteiger partial charge in [0.2, 0.25) is 10.0 Å². The molecule has 27 heavy (non-hydrogen) atoms. The Morgan fingerprint density at radius 1 is 1.00 bits per heavy atom. The number of carbonyl (C=O) groups is 1. The van der Waals surface area contributed by atoms with Crippen molar-refractivity contribution in [1.82, 2.24) is 4.72 Å². The van der Waals surface area contributed by atoms with Crippen LogP contribution < -0.4 is 4.72 Å². The van der Waals surface area contributed by atoms with Gasteiger partial charge in [-0.3, -0.25) is 4.79 Å². The molecule has 0 spiro atoms. The van der Waals surface area contributed by atoms with Gasteiger partial charge in [-0.05, 0) is 55.5 Å². The van der Waals surface area contributed by atoms with Crippen LogP contribution in [0.15, 0.2) is 47.4 Å². The minimum atomic E-state index is -3.92. The topological polar surface area (TPSA) is 83.5 Å². The Hall–Kier alpha value is -2.32. The van der Waals surface area contributed by atoms with Crippen LogP contribution in [0.25, 0.3) is 11.1 Å². The summed E-state index contributed by atoms with van der Waals surface area (Å²) >= 11 is 0. The summed E-state index contributed by atoms with van der Waals surface area (Å²) in [6, 6.07) is 8.45. The van der Waals surface area contributed by atoms with Gasteiger partial charge in [-0.1, -0.05) is 18.2 Å². The van der Waals surface area contributed by atoms with E-state index in [0.29, 0.717) is 31.2 Å². The van der Waals surface area contributed by atoms with Crippen LogP contribution in [0.4, 0.5) is 8.78 Å². The fourth-order valence-corrected chi connectivity index (χ4v) is 4.59. The lowest BCUT2D eigenvalue weighted by atomic mass is 9.87. The third-order valence-electron chi connectivity index (χ3n) is 4.80. The van der Waals surface area contributed by atoms with Gasteiger partial charge in [0.1, 0.15) is 11.6 Å². The first-order chi connectivity index (χ1) is 12.8. The van der Waals surface area contributed by atoms with Crippen molar-refractivity contribution in [2.45, 2.75) is 36.6 Å². The highest BCUT2D eigenvalue weighted by Crippen LogP contribution is 2.28. The van der Waals surface area contributed by atoms with Crippen LogP contribution in [-0.4, -0.2) is 25.5 Å². The number of rotatable bonds is 5. The van der Waals surface area contributed by atoms with Crippen LogP contribution in [0.3, 0.4) is 0 Å². The predicted molar refractivity (Wildman–Crippen MR) is 95.5 cm³/mol. The molecule has 1 saturated carbocycles. The number of sulfonamides is 1. The maximum absolute atomic E-state index is 14.4. The van der Waals surface area contributed by atoms with Crippen molar-refractivity contribution in [3.8, 4) is 11.1 Å². The van der Waals surface area contributed by atoms with Gasteiger partial charge in [0.15, 0.2) is 0 Å². The zero-order chi connectivity index (χ0) is 19.6. The number of nitrogens with one attached hydrogen (secondary N) is 1. The molecule has 0 atom stereocenters. The summed E-state index contributed by atoms with van der Waals surface area (Å²) in [4.78, 5) is 10.8. The first kappa shape index (κ1) is 19.4. The second kappa shape index (κ2) is 7.74. The van der Waals surface area contributed by atoms with Gasteiger partial charge in [0, 0.05) is 11.6 Å². The molecule has 8 heteroatoms. The van der Waals surface area contributed by atoms with Crippen LogP contribution >= 0.6 is 0 Å². The van der Waals surface area contributed by atoms with Gasteiger partial charge >= 0.3 is 5.97 Å². The van der Waals surface area contributed by atoms with E-state index in [9.17, 15) is 22.0 Å². The predicted octanol–water partition coefficient (Wildman–Crippen LogP) is 3.55. The van der Waals surface area contributed by atoms with Crippen molar-refractivity contribution in [1.29, 1.82) is 0 Å². The molecule has 0 aliphatic heterocycles. The highest BCUT2D eigenvalue weighted by atomic mass is 32.2. The van der Waals surface area contributed by atoms with E-state index >= 15 is 0 Å². The Labute approximate surface area is 156 Å². The Morgan fingerprint density at radius 2 is 1.63 bits per heavy atom. The molecule has 144 valence electrons. The van der Waals surface area contributed by atoms with Crippen molar-refractivity contribution in [3.63, 3.8) is 0 Å². The molecule has 1 aliphatic carbocycles. The van der Waals surface area contributed by atoms with Crippen molar-refractivity contribution in [2.24, 2.45) is 5.92 Å². The number of hydrogen-bond donors (Lipinski definition) is 2. The SMILES string of the molecule is O=C(O)[C@H]1CC[C@@H](NS(=O)(=O)c2ccc(-c3ccc(F)cc3)c(F)c2)CC1. The van der Waals surface area contributed by atoms with E-state index in [0.717, 1.165) is 6.07 Å². The molecule has 2 N–H and O–H groups in total. The molecule has 3 rings (SSSR count). The van der Waals surface area contributed by atoms with Gasteiger partial charge in [0.25, 0.3) is 0 Å². The largest absolute Gasteiger partial charge is 0.481 e. The maximum atomic E-state index is 14.4. The molecule has 0 bridgehead atoms. The van der Waals surface area contributed by atoms with Gasteiger partial charge in [-0.25, -0.2) is 21.9 Å². The van der Waals surface area contributed by atoms with E-state index < -0.39 is 33.5 Å². The molecule has 0 radical (unpaired) electrons. The van der Waals surface area contributed by atoms with E-state index in [1.54, 1.807) is 0 Å². The zero-order valence-electron chi connectivity index (χ0n) is 14.4. The number of aliphatic carboxylic acids is 1. The quantitative estimate of drug-likeness (QED) is 0.811. The minimum absolute atomic E-state index is 0.177. The summed E-state index contributed by atoms with van der Waals surface area (Å²) in [6.45, 7) is 0. The van der Waals surface area contributed by atoms with Crippen LogP contribution in [0, 0.1) is 17.6 Å². The second-order valence-corrected chi connectivity index (χ2v) is 8.37. The number of benzene rings is 2. The Bertz CT molecular complexity index is 937. The first-order valence-electron chi connectivity index (χ1n) is 8.57. The second-order valence-electron chi connectivity index (χ2n) is 6.66. The summed E-state index contributed by atoms with van der Waals surface area (Å²) < 4.78 is 55.0. The van der Waals surface area contributed by atoms with E-state index in [1.807, 2.05) is 0 Å². The molecule has 5 nitrogen and oxygen atoms in total. The highest BCUT2D eigenvalue weighted by Gasteiger charge is 2.29. The summed E-state index contributed by atoms with van der Waals surface area (Å²) in [7, 11) is -3.92. The summed E-state index contributed by atoms with van der Waals surface area (Å²) in [5.41, 5.74) is 0.619. The van der Waals surface area contributed by atoms with Crippen molar-refractivity contribution in [2.75, 3.05) is 0 Å². The number of carboxylic acid groups (broad SMARTS) is 1. The van der Waals surface area contributed by atoms with Crippen molar-refractivity contribution in [3.05, 3.63) is 54.1 Å². The van der Waals surface area contributed by atoms with Gasteiger partial charge < -0.3 is 5.11 Å². The smallest absolute Gasteiger partial charge is 0.306 e. The molecule has 2 aromatic rings. The maximum Gasteiger partial charge on any atom is 0.306 e. The van der Waals surface area contributed by atoms with Gasteiger partial charge in [0.05, 0.1) is 10.8 Å². The van der Waals surface area contributed by atoms with E-state index in [2.05, 4.69) is 4.72 Å². The van der Waals surface area contributed by atoms with Crippen LogP contribution in [0.5, 0.6) is 0 Å². The van der Waals surface area contributed by atoms with E-state index in [1.165, 1.54) is 36.4 Å². The first-order valence-corrected chi connectivity index (χ1v) is 10.1. The fraction of sp³-hybridized carbons (Fsp3) is 0.316. The molecule has 0 heterocycles. The lowest BCUT2D eigenvalue weighted by Crippen LogP contribution is -2.38. The Kier molecular flexibility index (Phi) is 5.57. The molecule has 0 unspecified atom stereocenters. The zero-order valence-corrected chi connectivity index (χ0v) is 15.2. The molecule has 0 aromatic heterocycles. The van der Waals surface area contributed by atoms with Crippen molar-refractivity contribution >= 4 is 16.0 Å². The molecular weight excluding hydrogens is 376 g/mol. The van der Waals surface area contributed by atoms with E-state index in [-0.39, 0.29) is 16.5 Å². The molecule has 0 amide bonds. The summed E-state index contributed by atoms with van der Waals surface area (Å²) in [6.07, 6.45) is 1.65. The lowest BCUT2D eigenvalue weighted by molar-refractivity contribution is -0.142. The third-order valence-corrected chi connectivity index (χ3v) is 6.32. The Morgan fingerprint density at radius 3 is 2.19 bits per heavy atom. The highest BCUT2D eigenvalue weighted by molar-refractivity contribution is 7.89. The van der Waals surface area contributed by atoms with Gasteiger partial charge in [-0.2, -0.15) is 0 Å². The standard InChI is InChI=1S/C19H19F2NO4S/c20-14-5-1-12(2-6-14)17-10-9-16(11-18(17)21)27(25,26)22-15-7-3-13(4-8-15)19(23)24/h1-2,5-6,9-11,13,15,22H,3-4,7-8H2,(H,23,24)/t13-,15+. The normalized spacial score (nSPS) is 20.4. The third kappa shape index (κ3) is 4.51. The Balaban J connectivity index is 1.74. The number of halogens is 2. The monoisotopic (exact) mass is 395 g/mol. The minimum Gasteiger partial charge on any atom is -0.481 e. The molecule has 0 saturated heterocycles. The molecule has 1 aliphatic rings.